The van der Waals surface area contributed by atoms with E-state index in [2.05, 4.69) is 5.32 Å². The van der Waals surface area contributed by atoms with Gasteiger partial charge in [0.2, 0.25) is 10.0 Å². The first-order chi connectivity index (χ1) is 14.7. The number of halogens is 2. The lowest BCUT2D eigenvalue weighted by Gasteiger charge is -2.26. The van der Waals surface area contributed by atoms with E-state index in [-0.39, 0.29) is 15.6 Å². The lowest BCUT2D eigenvalue weighted by Crippen LogP contribution is -2.35. The van der Waals surface area contributed by atoms with Crippen LogP contribution in [0.3, 0.4) is 0 Å². The number of nitrogens with zero attached hydrogens (tertiary/aromatic N) is 1. The molecule has 3 rings (SSSR count). The van der Waals surface area contributed by atoms with Crippen molar-refractivity contribution < 1.29 is 27.1 Å². The third kappa shape index (κ3) is 5.41. The number of carbonyl (C=O) groups excluding carboxylic acids is 2. The molecule has 31 heavy (non-hydrogen) atoms. The molecular weight excluding hydrogens is 447 g/mol. The van der Waals surface area contributed by atoms with Gasteiger partial charge < -0.3 is 10.1 Å². The van der Waals surface area contributed by atoms with Gasteiger partial charge >= 0.3 is 5.97 Å². The molecule has 1 amide bonds. The van der Waals surface area contributed by atoms with Gasteiger partial charge in [-0.25, -0.2) is 17.6 Å². The Morgan fingerprint density at radius 3 is 2.55 bits per heavy atom. The van der Waals surface area contributed by atoms with Gasteiger partial charge in [0.05, 0.1) is 9.92 Å². The van der Waals surface area contributed by atoms with Crippen LogP contribution < -0.4 is 5.32 Å². The van der Waals surface area contributed by atoms with Gasteiger partial charge in [0, 0.05) is 18.8 Å². The minimum Gasteiger partial charge on any atom is -0.452 e. The summed E-state index contributed by atoms with van der Waals surface area (Å²) in [5.41, 5.74) is 0.459. The van der Waals surface area contributed by atoms with Crippen LogP contribution in [0.1, 0.15) is 35.2 Å². The predicted octanol–water partition coefficient (Wildman–Crippen LogP) is 3.76. The molecule has 0 unspecified atom stereocenters. The highest BCUT2D eigenvalue weighted by Gasteiger charge is 2.26. The quantitative estimate of drug-likeness (QED) is 0.651. The van der Waals surface area contributed by atoms with Crippen LogP contribution in [0, 0.1) is 12.7 Å². The van der Waals surface area contributed by atoms with E-state index in [1.807, 2.05) is 0 Å². The first kappa shape index (κ1) is 23.2. The number of esters is 1. The fourth-order valence-corrected chi connectivity index (χ4v) is 5.02. The molecular formula is C21H22ClFN2O5S. The smallest absolute Gasteiger partial charge is 0.343 e. The summed E-state index contributed by atoms with van der Waals surface area (Å²) in [7, 11) is -3.67. The molecule has 0 aliphatic carbocycles. The summed E-state index contributed by atoms with van der Waals surface area (Å²) in [6.45, 7) is 1.95. The van der Waals surface area contributed by atoms with Crippen LogP contribution >= 0.6 is 11.6 Å². The summed E-state index contributed by atoms with van der Waals surface area (Å²) >= 11 is 5.81. The van der Waals surface area contributed by atoms with Gasteiger partial charge in [0.25, 0.3) is 5.91 Å². The Balaban J connectivity index is 1.69. The minimum absolute atomic E-state index is 0.0745. The second-order valence-electron chi connectivity index (χ2n) is 7.16. The van der Waals surface area contributed by atoms with Gasteiger partial charge in [-0.1, -0.05) is 30.2 Å². The zero-order valence-corrected chi connectivity index (χ0v) is 18.4. The van der Waals surface area contributed by atoms with Crippen molar-refractivity contribution in [2.24, 2.45) is 0 Å². The van der Waals surface area contributed by atoms with Gasteiger partial charge in [0.15, 0.2) is 6.61 Å². The maximum atomic E-state index is 13.8. The number of ether oxygens (including phenoxy) is 1. The van der Waals surface area contributed by atoms with Crippen molar-refractivity contribution in [1.29, 1.82) is 0 Å². The zero-order chi connectivity index (χ0) is 22.6. The van der Waals surface area contributed by atoms with Crippen molar-refractivity contribution >= 4 is 39.2 Å². The van der Waals surface area contributed by atoms with E-state index in [0.717, 1.165) is 25.3 Å². The highest BCUT2D eigenvalue weighted by atomic mass is 35.5. The average Bonchev–Trinajstić information content (AvgIpc) is 2.74. The molecule has 1 fully saturated rings. The molecule has 0 aromatic heterocycles. The van der Waals surface area contributed by atoms with Crippen LogP contribution in [0.5, 0.6) is 0 Å². The van der Waals surface area contributed by atoms with Crippen LogP contribution in [0.4, 0.5) is 10.1 Å². The van der Waals surface area contributed by atoms with Crippen molar-refractivity contribution in [3.63, 3.8) is 0 Å². The number of hydrogen-bond donors (Lipinski definition) is 1. The molecule has 1 aliphatic heterocycles. The van der Waals surface area contributed by atoms with E-state index >= 15 is 0 Å². The SMILES string of the molecule is Cc1ccc(S(=O)(=O)N2CCCCC2)cc1NC(=O)COC(=O)c1c(F)cccc1Cl. The predicted molar refractivity (Wildman–Crippen MR) is 114 cm³/mol. The van der Waals surface area contributed by atoms with Crippen LogP contribution in [-0.4, -0.2) is 44.3 Å². The van der Waals surface area contributed by atoms with Gasteiger partial charge in [-0.3, -0.25) is 4.79 Å². The van der Waals surface area contributed by atoms with E-state index in [4.69, 9.17) is 16.3 Å². The number of anilines is 1. The number of amides is 1. The normalized spacial score (nSPS) is 14.8. The van der Waals surface area contributed by atoms with E-state index < -0.39 is 39.9 Å². The maximum absolute atomic E-state index is 13.8. The molecule has 7 nitrogen and oxygen atoms in total. The maximum Gasteiger partial charge on any atom is 0.343 e. The Hall–Kier alpha value is -2.49. The van der Waals surface area contributed by atoms with Crippen molar-refractivity contribution in [2.75, 3.05) is 25.0 Å². The largest absolute Gasteiger partial charge is 0.452 e. The monoisotopic (exact) mass is 468 g/mol. The van der Waals surface area contributed by atoms with Crippen LogP contribution in [0.25, 0.3) is 0 Å². The Morgan fingerprint density at radius 1 is 1.16 bits per heavy atom. The Morgan fingerprint density at radius 2 is 1.87 bits per heavy atom. The fourth-order valence-electron chi connectivity index (χ4n) is 3.23. The third-order valence-electron chi connectivity index (χ3n) is 4.94. The van der Waals surface area contributed by atoms with Crippen LogP contribution in [-0.2, 0) is 19.6 Å². The first-order valence-electron chi connectivity index (χ1n) is 9.72. The molecule has 1 aliphatic rings. The molecule has 1 saturated heterocycles. The Bertz CT molecular complexity index is 1080. The second kappa shape index (κ2) is 9.76. The molecule has 0 radical (unpaired) electrons. The lowest BCUT2D eigenvalue weighted by atomic mass is 10.2. The number of hydrogen-bond acceptors (Lipinski definition) is 5. The fraction of sp³-hybridized carbons (Fsp3) is 0.333. The average molecular weight is 469 g/mol. The molecule has 166 valence electrons. The van der Waals surface area contributed by atoms with Gasteiger partial charge in [-0.2, -0.15) is 4.31 Å². The summed E-state index contributed by atoms with van der Waals surface area (Å²) in [5, 5.41) is 2.41. The molecule has 2 aromatic rings. The van der Waals surface area contributed by atoms with E-state index in [9.17, 15) is 22.4 Å². The number of piperidine rings is 1. The number of rotatable bonds is 6. The number of aryl methyl sites for hydroxylation is 1. The third-order valence-corrected chi connectivity index (χ3v) is 7.15. The Kier molecular flexibility index (Phi) is 7.30. The second-order valence-corrected chi connectivity index (χ2v) is 9.51. The number of carbonyl (C=O) groups is 2. The molecule has 0 saturated carbocycles. The summed E-state index contributed by atoms with van der Waals surface area (Å²) in [6.07, 6.45) is 2.62. The molecule has 0 spiro atoms. The summed E-state index contributed by atoms with van der Waals surface area (Å²) in [5.74, 6) is -2.63. The molecule has 0 bridgehead atoms. The number of nitrogens with one attached hydrogen (secondary N) is 1. The Labute approximate surface area is 185 Å². The van der Waals surface area contributed by atoms with Crippen molar-refractivity contribution in [3.05, 3.63) is 58.4 Å². The molecule has 2 aromatic carbocycles. The lowest BCUT2D eigenvalue weighted by molar-refractivity contribution is -0.119. The van der Waals surface area contributed by atoms with Gasteiger partial charge in [-0.15, -0.1) is 0 Å². The minimum atomic E-state index is -3.67. The number of sulfonamides is 1. The highest BCUT2D eigenvalue weighted by Crippen LogP contribution is 2.25. The van der Waals surface area contributed by atoms with E-state index in [0.29, 0.717) is 18.7 Å². The van der Waals surface area contributed by atoms with E-state index in [1.165, 1.54) is 28.6 Å². The summed E-state index contributed by atoms with van der Waals surface area (Å²) in [6, 6.07) is 8.20. The van der Waals surface area contributed by atoms with Gasteiger partial charge in [0.1, 0.15) is 11.4 Å². The van der Waals surface area contributed by atoms with Crippen molar-refractivity contribution in [1.82, 2.24) is 4.31 Å². The summed E-state index contributed by atoms with van der Waals surface area (Å²) < 4.78 is 45.8. The molecule has 0 atom stereocenters. The van der Waals surface area contributed by atoms with E-state index in [1.54, 1.807) is 13.0 Å². The van der Waals surface area contributed by atoms with Gasteiger partial charge in [-0.05, 0) is 49.6 Å². The van der Waals surface area contributed by atoms with Crippen molar-refractivity contribution in [2.45, 2.75) is 31.1 Å². The standard InChI is InChI=1S/C21H22ClFN2O5S/c1-14-8-9-15(31(28,29)25-10-3-2-4-11-25)12-18(14)24-19(26)13-30-21(27)20-16(22)6-5-7-17(20)23/h5-9,12H,2-4,10-11,13H2,1H3,(H,24,26). The summed E-state index contributed by atoms with van der Waals surface area (Å²) in [4.78, 5) is 24.4. The van der Waals surface area contributed by atoms with Crippen LogP contribution in [0.15, 0.2) is 41.3 Å². The zero-order valence-electron chi connectivity index (χ0n) is 16.9. The first-order valence-corrected chi connectivity index (χ1v) is 11.5. The number of benzene rings is 2. The molecule has 1 N–H and O–H groups in total. The van der Waals surface area contributed by atoms with Crippen molar-refractivity contribution in [3.8, 4) is 0 Å². The molecule has 10 heteroatoms. The van der Waals surface area contributed by atoms with Crippen LogP contribution in [0.2, 0.25) is 5.02 Å². The highest BCUT2D eigenvalue weighted by molar-refractivity contribution is 7.89. The molecule has 1 heterocycles. The topological polar surface area (TPSA) is 92.8 Å².